The molecule has 5 nitrogen and oxygen atoms in total. The van der Waals surface area contributed by atoms with Gasteiger partial charge in [-0.15, -0.1) is 0 Å². The highest BCUT2D eigenvalue weighted by atomic mass is 35.5. The van der Waals surface area contributed by atoms with Gasteiger partial charge in [0.1, 0.15) is 11.9 Å². The molecular formula is C16H12ClFN2O3. The number of hydrogen-bond acceptors (Lipinski definition) is 4. The van der Waals surface area contributed by atoms with E-state index in [4.69, 9.17) is 16.3 Å². The average Bonchev–Trinajstić information content (AvgIpc) is 2.51. The standard InChI is InChI=1S/C16H12ClFN2O3/c17-10-7-9(5-6-11(10)18)19-15(21)8-13-16(22)23-14-4-2-1-3-12(14)20-13/h1-7,13,20H,8H2,(H,19,21)/t13-/m1/s1. The number of benzene rings is 2. The number of carbonyl (C=O) groups is 2. The number of para-hydroxylation sites is 2. The Labute approximate surface area is 136 Å². The van der Waals surface area contributed by atoms with Crippen LogP contribution in [0, 0.1) is 5.82 Å². The van der Waals surface area contributed by atoms with Gasteiger partial charge in [-0.05, 0) is 30.3 Å². The fourth-order valence-corrected chi connectivity index (χ4v) is 2.39. The summed E-state index contributed by atoms with van der Waals surface area (Å²) in [7, 11) is 0. The van der Waals surface area contributed by atoms with E-state index >= 15 is 0 Å². The van der Waals surface area contributed by atoms with Crippen molar-refractivity contribution in [3.63, 3.8) is 0 Å². The highest BCUT2D eigenvalue weighted by Gasteiger charge is 2.29. The zero-order valence-corrected chi connectivity index (χ0v) is 12.6. The number of ether oxygens (including phenoxy) is 1. The maximum absolute atomic E-state index is 13.1. The SMILES string of the molecule is O=C(C[C@H]1Nc2ccccc2OC1=O)Nc1ccc(F)c(Cl)c1. The largest absolute Gasteiger partial charge is 0.423 e. The van der Waals surface area contributed by atoms with Gasteiger partial charge in [-0.2, -0.15) is 0 Å². The molecule has 0 spiro atoms. The topological polar surface area (TPSA) is 67.4 Å². The average molecular weight is 335 g/mol. The molecule has 1 atom stereocenters. The molecule has 1 amide bonds. The minimum Gasteiger partial charge on any atom is -0.423 e. The Morgan fingerprint density at radius 1 is 1.30 bits per heavy atom. The molecule has 3 rings (SSSR count). The fourth-order valence-electron chi connectivity index (χ4n) is 2.21. The minimum absolute atomic E-state index is 0.0908. The molecule has 2 aromatic rings. The number of carbonyl (C=O) groups excluding carboxylic acids is 2. The van der Waals surface area contributed by atoms with Gasteiger partial charge in [-0.1, -0.05) is 23.7 Å². The van der Waals surface area contributed by atoms with Crippen LogP contribution in [0.3, 0.4) is 0 Å². The Morgan fingerprint density at radius 2 is 2.09 bits per heavy atom. The lowest BCUT2D eigenvalue weighted by Crippen LogP contribution is -2.39. The van der Waals surface area contributed by atoms with Gasteiger partial charge in [-0.3, -0.25) is 4.79 Å². The molecular weight excluding hydrogens is 323 g/mol. The third-order valence-electron chi connectivity index (χ3n) is 3.30. The van der Waals surface area contributed by atoms with Crippen LogP contribution in [0.5, 0.6) is 5.75 Å². The third kappa shape index (κ3) is 3.43. The maximum Gasteiger partial charge on any atom is 0.334 e. The lowest BCUT2D eigenvalue weighted by Gasteiger charge is -2.25. The Kier molecular flexibility index (Phi) is 4.16. The number of hydrogen-bond donors (Lipinski definition) is 2. The van der Waals surface area contributed by atoms with Gasteiger partial charge in [0.05, 0.1) is 17.1 Å². The van der Waals surface area contributed by atoms with Crippen LogP contribution in [-0.2, 0) is 9.59 Å². The molecule has 0 aliphatic carbocycles. The molecule has 23 heavy (non-hydrogen) atoms. The molecule has 1 aliphatic rings. The van der Waals surface area contributed by atoms with Crippen molar-refractivity contribution in [1.29, 1.82) is 0 Å². The second-order valence-electron chi connectivity index (χ2n) is 5.00. The first-order valence-corrected chi connectivity index (χ1v) is 7.23. The summed E-state index contributed by atoms with van der Waals surface area (Å²) in [6.07, 6.45) is -0.123. The first-order valence-electron chi connectivity index (χ1n) is 6.85. The first kappa shape index (κ1) is 15.3. The van der Waals surface area contributed by atoms with Crippen molar-refractivity contribution in [2.75, 3.05) is 10.6 Å². The molecule has 118 valence electrons. The van der Waals surface area contributed by atoms with Crippen LogP contribution in [0.25, 0.3) is 0 Å². The quantitative estimate of drug-likeness (QED) is 0.668. The Balaban J connectivity index is 1.66. The summed E-state index contributed by atoms with van der Waals surface area (Å²) < 4.78 is 18.3. The van der Waals surface area contributed by atoms with Crippen LogP contribution in [0.2, 0.25) is 5.02 Å². The lowest BCUT2D eigenvalue weighted by molar-refractivity contribution is -0.137. The van der Waals surface area contributed by atoms with E-state index < -0.39 is 23.7 Å². The van der Waals surface area contributed by atoms with Gasteiger partial charge in [-0.25, -0.2) is 9.18 Å². The maximum atomic E-state index is 13.1. The summed E-state index contributed by atoms with van der Waals surface area (Å²) in [4.78, 5) is 23.9. The molecule has 0 saturated carbocycles. The molecule has 0 unspecified atom stereocenters. The van der Waals surface area contributed by atoms with Gasteiger partial charge in [0.2, 0.25) is 5.91 Å². The summed E-state index contributed by atoms with van der Waals surface area (Å²) in [5, 5.41) is 5.44. The molecule has 0 aromatic heterocycles. The predicted octanol–water partition coefficient (Wildman–Crippen LogP) is 3.21. The van der Waals surface area contributed by atoms with Gasteiger partial charge in [0, 0.05) is 5.69 Å². The van der Waals surface area contributed by atoms with E-state index in [1.54, 1.807) is 24.3 Å². The van der Waals surface area contributed by atoms with Gasteiger partial charge < -0.3 is 15.4 Å². The summed E-state index contributed by atoms with van der Waals surface area (Å²) >= 11 is 5.66. The molecule has 1 aliphatic heterocycles. The Bertz CT molecular complexity index is 782. The van der Waals surface area contributed by atoms with Gasteiger partial charge >= 0.3 is 5.97 Å². The fraction of sp³-hybridized carbons (Fsp3) is 0.125. The highest BCUT2D eigenvalue weighted by molar-refractivity contribution is 6.31. The van der Waals surface area contributed by atoms with E-state index in [9.17, 15) is 14.0 Å². The van der Waals surface area contributed by atoms with E-state index in [0.717, 1.165) is 6.07 Å². The predicted molar refractivity (Wildman–Crippen MR) is 84.1 cm³/mol. The second kappa shape index (κ2) is 6.26. The minimum atomic E-state index is -0.791. The summed E-state index contributed by atoms with van der Waals surface area (Å²) in [6.45, 7) is 0. The van der Waals surface area contributed by atoms with Crippen molar-refractivity contribution in [2.45, 2.75) is 12.5 Å². The van der Waals surface area contributed by atoms with E-state index in [-0.39, 0.29) is 11.4 Å². The number of anilines is 2. The molecule has 0 fully saturated rings. The van der Waals surface area contributed by atoms with E-state index in [1.807, 2.05) is 0 Å². The van der Waals surface area contributed by atoms with Crippen LogP contribution < -0.4 is 15.4 Å². The smallest absolute Gasteiger partial charge is 0.334 e. The zero-order chi connectivity index (χ0) is 16.4. The second-order valence-corrected chi connectivity index (χ2v) is 5.40. The van der Waals surface area contributed by atoms with Crippen molar-refractivity contribution >= 4 is 34.9 Å². The monoisotopic (exact) mass is 334 g/mol. The van der Waals surface area contributed by atoms with Crippen LogP contribution in [0.15, 0.2) is 42.5 Å². The van der Waals surface area contributed by atoms with E-state index in [1.165, 1.54) is 12.1 Å². The van der Waals surface area contributed by atoms with Gasteiger partial charge in [0.25, 0.3) is 0 Å². The number of rotatable bonds is 3. The first-order chi connectivity index (χ1) is 11.0. The van der Waals surface area contributed by atoms with Crippen molar-refractivity contribution < 1.29 is 18.7 Å². The summed E-state index contributed by atoms with van der Waals surface area (Å²) in [5.41, 5.74) is 1.00. The highest BCUT2D eigenvalue weighted by Crippen LogP contribution is 2.29. The van der Waals surface area contributed by atoms with E-state index in [2.05, 4.69) is 10.6 Å². The molecule has 2 aromatic carbocycles. The molecule has 2 N–H and O–H groups in total. The van der Waals surface area contributed by atoms with E-state index in [0.29, 0.717) is 17.1 Å². The molecule has 0 bridgehead atoms. The summed E-state index contributed by atoms with van der Waals surface area (Å²) in [5.74, 6) is -1.09. The molecule has 0 radical (unpaired) electrons. The number of esters is 1. The number of amides is 1. The zero-order valence-electron chi connectivity index (χ0n) is 11.8. The van der Waals surface area contributed by atoms with Crippen molar-refractivity contribution in [1.82, 2.24) is 0 Å². The van der Waals surface area contributed by atoms with Crippen LogP contribution in [-0.4, -0.2) is 17.9 Å². The van der Waals surface area contributed by atoms with Crippen LogP contribution >= 0.6 is 11.6 Å². The van der Waals surface area contributed by atoms with Crippen molar-refractivity contribution in [3.8, 4) is 5.75 Å². The molecule has 1 heterocycles. The number of fused-ring (bicyclic) bond motifs is 1. The number of halogens is 2. The third-order valence-corrected chi connectivity index (χ3v) is 3.59. The van der Waals surface area contributed by atoms with Gasteiger partial charge in [0.15, 0.2) is 5.75 Å². The number of nitrogens with one attached hydrogen (secondary N) is 2. The molecule has 7 heteroatoms. The van der Waals surface area contributed by atoms with Crippen LogP contribution in [0.1, 0.15) is 6.42 Å². The van der Waals surface area contributed by atoms with Crippen molar-refractivity contribution in [3.05, 3.63) is 53.3 Å². The Hall–Kier alpha value is -2.60. The Morgan fingerprint density at radius 3 is 2.87 bits per heavy atom. The lowest BCUT2D eigenvalue weighted by atomic mass is 10.1. The normalized spacial score (nSPS) is 16.1. The molecule has 0 saturated heterocycles. The van der Waals surface area contributed by atoms with Crippen molar-refractivity contribution in [2.24, 2.45) is 0 Å². The van der Waals surface area contributed by atoms with Crippen LogP contribution in [0.4, 0.5) is 15.8 Å². The summed E-state index contributed by atoms with van der Waals surface area (Å²) in [6, 6.07) is 10.0.